The third-order valence-corrected chi connectivity index (χ3v) is 6.03. The fourth-order valence-electron chi connectivity index (χ4n) is 6.24. The van der Waals surface area contributed by atoms with Gasteiger partial charge >= 0.3 is 0 Å². The van der Waals surface area contributed by atoms with Gasteiger partial charge in [0.1, 0.15) is 5.78 Å². The van der Waals surface area contributed by atoms with E-state index in [4.69, 9.17) is 0 Å². The minimum atomic E-state index is 0.591. The van der Waals surface area contributed by atoms with Crippen molar-refractivity contribution in [2.45, 2.75) is 12.8 Å². The van der Waals surface area contributed by atoms with Crippen LogP contribution in [0, 0.1) is 47.3 Å². The molecule has 0 saturated heterocycles. The molecule has 1 heteroatoms. The van der Waals surface area contributed by atoms with Gasteiger partial charge in [0.25, 0.3) is 0 Å². The predicted octanol–water partition coefficient (Wildman–Crippen LogP) is 1.33. The molecule has 0 radical (unpaired) electrons. The molecule has 6 fully saturated rings. The number of hydrogen-bond donors (Lipinski definition) is 0. The van der Waals surface area contributed by atoms with Gasteiger partial charge in [-0.05, 0) is 48.3 Å². The van der Waals surface area contributed by atoms with E-state index in [-0.39, 0.29) is 0 Å². The Hall–Kier alpha value is -0.330. The van der Waals surface area contributed by atoms with E-state index in [2.05, 4.69) is 0 Å². The molecule has 6 saturated carbocycles. The van der Waals surface area contributed by atoms with E-state index < -0.39 is 0 Å². The summed E-state index contributed by atoms with van der Waals surface area (Å²) in [6, 6.07) is 0. The molecular formula is C11H12O. The molecule has 0 heterocycles. The summed E-state index contributed by atoms with van der Waals surface area (Å²) < 4.78 is 0. The first-order valence-corrected chi connectivity index (χ1v) is 5.41. The fourth-order valence-corrected chi connectivity index (χ4v) is 6.24. The van der Waals surface area contributed by atoms with Crippen molar-refractivity contribution in [1.82, 2.24) is 0 Å². The van der Waals surface area contributed by atoms with Gasteiger partial charge < -0.3 is 0 Å². The van der Waals surface area contributed by atoms with Crippen LogP contribution in [0.1, 0.15) is 12.8 Å². The number of rotatable bonds is 0. The molecule has 6 bridgehead atoms. The van der Waals surface area contributed by atoms with Crippen LogP contribution in [0.4, 0.5) is 0 Å². The van der Waals surface area contributed by atoms with Gasteiger partial charge in [-0.25, -0.2) is 0 Å². The van der Waals surface area contributed by atoms with E-state index in [1.54, 1.807) is 0 Å². The molecule has 12 heavy (non-hydrogen) atoms. The average molecular weight is 160 g/mol. The molecule has 1 nitrogen and oxygen atoms in total. The van der Waals surface area contributed by atoms with Crippen LogP contribution < -0.4 is 0 Å². The first-order valence-electron chi connectivity index (χ1n) is 5.41. The van der Waals surface area contributed by atoms with Crippen LogP contribution in [-0.2, 0) is 4.79 Å². The minimum absolute atomic E-state index is 0.591. The molecule has 6 aliphatic carbocycles. The van der Waals surface area contributed by atoms with Crippen LogP contribution in [0.15, 0.2) is 0 Å². The Labute approximate surface area is 71.5 Å². The lowest BCUT2D eigenvalue weighted by atomic mass is 9.71. The van der Waals surface area contributed by atoms with Crippen molar-refractivity contribution >= 4 is 5.78 Å². The normalized spacial score (nSPS) is 79.2. The Kier molecular flexibility index (Phi) is 0.547. The molecule has 6 aliphatic rings. The summed E-state index contributed by atoms with van der Waals surface area (Å²) in [5.41, 5.74) is 0. The lowest BCUT2D eigenvalue weighted by Crippen LogP contribution is -2.30. The number of ketones is 1. The first-order chi connectivity index (χ1) is 5.88. The summed E-state index contributed by atoms with van der Waals surface area (Å²) in [5, 5.41) is 0. The van der Waals surface area contributed by atoms with Crippen LogP contribution in [0.2, 0.25) is 0 Å². The first kappa shape index (κ1) is 5.41. The average Bonchev–Trinajstić information content (AvgIpc) is 2.68. The molecule has 0 aromatic carbocycles. The number of carbonyl (C=O) groups excluding carboxylic acids is 1. The second kappa shape index (κ2) is 1.21. The van der Waals surface area contributed by atoms with E-state index in [9.17, 15) is 4.79 Å². The van der Waals surface area contributed by atoms with Crippen molar-refractivity contribution in [1.29, 1.82) is 0 Å². The maximum Gasteiger partial charge on any atom is 0.140 e. The van der Waals surface area contributed by atoms with Gasteiger partial charge in [0.15, 0.2) is 0 Å². The third-order valence-electron chi connectivity index (χ3n) is 6.03. The molecule has 8 unspecified atom stereocenters. The summed E-state index contributed by atoms with van der Waals surface area (Å²) in [6.07, 6.45) is 2.90. The topological polar surface area (TPSA) is 17.1 Å². The Morgan fingerprint density at radius 1 is 0.833 bits per heavy atom. The predicted molar refractivity (Wildman–Crippen MR) is 42.2 cm³/mol. The summed E-state index contributed by atoms with van der Waals surface area (Å²) >= 11 is 0. The van der Waals surface area contributed by atoms with Crippen LogP contribution in [0.5, 0.6) is 0 Å². The highest BCUT2D eigenvalue weighted by Crippen LogP contribution is 2.81. The number of hydrogen-bond acceptors (Lipinski definition) is 1. The highest BCUT2D eigenvalue weighted by molar-refractivity contribution is 5.91. The van der Waals surface area contributed by atoms with Crippen LogP contribution >= 0.6 is 0 Å². The maximum absolute atomic E-state index is 11.9. The molecule has 8 atom stereocenters. The fraction of sp³-hybridized carbons (Fsp3) is 0.909. The maximum atomic E-state index is 11.9. The zero-order valence-corrected chi connectivity index (χ0v) is 6.94. The van der Waals surface area contributed by atoms with Gasteiger partial charge in [-0.15, -0.1) is 0 Å². The third kappa shape index (κ3) is 0.272. The lowest BCUT2D eigenvalue weighted by Gasteiger charge is -2.32. The SMILES string of the molecule is O=C1C2C3CC4C5CC(C1C53)C42. The second-order valence-corrected chi connectivity index (χ2v) is 5.74. The van der Waals surface area contributed by atoms with Crippen LogP contribution in [0.3, 0.4) is 0 Å². The Bertz CT molecular complexity index is 291. The Morgan fingerprint density at radius 2 is 1.33 bits per heavy atom. The van der Waals surface area contributed by atoms with Gasteiger partial charge in [-0.3, -0.25) is 4.79 Å². The Balaban J connectivity index is 1.94. The van der Waals surface area contributed by atoms with Gasteiger partial charge in [-0.2, -0.15) is 0 Å². The minimum Gasteiger partial charge on any atom is -0.299 e. The standard InChI is InChI=1S/C11H12O/c12-11-9-5-1-3-4-2-6(7(3)9)10(11)8(4)5/h3-10H,1-2H2. The van der Waals surface area contributed by atoms with Crippen molar-refractivity contribution in [2.24, 2.45) is 47.3 Å². The quantitative estimate of drug-likeness (QED) is 0.522. The molecular weight excluding hydrogens is 148 g/mol. The molecule has 0 amide bonds. The van der Waals surface area contributed by atoms with E-state index in [0.717, 1.165) is 35.5 Å². The summed E-state index contributed by atoms with van der Waals surface area (Å²) in [6.45, 7) is 0. The highest BCUT2D eigenvalue weighted by atomic mass is 16.1. The zero-order valence-electron chi connectivity index (χ0n) is 6.94. The highest BCUT2D eigenvalue weighted by Gasteiger charge is 2.80. The van der Waals surface area contributed by atoms with Gasteiger partial charge in [0.05, 0.1) is 0 Å². The molecule has 62 valence electrons. The molecule has 0 aliphatic heterocycles. The summed E-state index contributed by atoms with van der Waals surface area (Å²) in [4.78, 5) is 11.9. The largest absolute Gasteiger partial charge is 0.299 e. The number of carbonyl (C=O) groups is 1. The van der Waals surface area contributed by atoms with Crippen LogP contribution in [0.25, 0.3) is 0 Å². The van der Waals surface area contributed by atoms with Crippen molar-refractivity contribution in [3.8, 4) is 0 Å². The lowest BCUT2D eigenvalue weighted by molar-refractivity contribution is -0.122. The molecule has 0 aromatic heterocycles. The number of Topliss-reactive ketones (excluding diaryl/α,β-unsaturated/α-hetero) is 1. The van der Waals surface area contributed by atoms with Gasteiger partial charge in [-0.1, -0.05) is 0 Å². The van der Waals surface area contributed by atoms with Crippen molar-refractivity contribution in [2.75, 3.05) is 0 Å². The Morgan fingerprint density at radius 3 is 1.83 bits per heavy atom. The van der Waals surface area contributed by atoms with Crippen molar-refractivity contribution < 1.29 is 4.79 Å². The molecule has 0 spiro atoms. The van der Waals surface area contributed by atoms with Crippen LogP contribution in [-0.4, -0.2) is 5.78 Å². The monoisotopic (exact) mass is 160 g/mol. The van der Waals surface area contributed by atoms with E-state index >= 15 is 0 Å². The van der Waals surface area contributed by atoms with E-state index in [0.29, 0.717) is 17.6 Å². The van der Waals surface area contributed by atoms with Crippen molar-refractivity contribution in [3.63, 3.8) is 0 Å². The van der Waals surface area contributed by atoms with E-state index in [1.807, 2.05) is 0 Å². The van der Waals surface area contributed by atoms with Gasteiger partial charge in [0, 0.05) is 11.8 Å². The molecule has 0 aromatic rings. The second-order valence-electron chi connectivity index (χ2n) is 5.74. The summed E-state index contributed by atoms with van der Waals surface area (Å²) in [5.74, 6) is 7.54. The zero-order chi connectivity index (χ0) is 7.61. The smallest absolute Gasteiger partial charge is 0.140 e. The molecule has 6 rings (SSSR count). The van der Waals surface area contributed by atoms with E-state index in [1.165, 1.54) is 12.8 Å². The van der Waals surface area contributed by atoms with Gasteiger partial charge in [0.2, 0.25) is 0 Å². The summed E-state index contributed by atoms with van der Waals surface area (Å²) in [7, 11) is 0. The van der Waals surface area contributed by atoms with Crippen molar-refractivity contribution in [3.05, 3.63) is 0 Å². The molecule has 0 N–H and O–H groups in total.